The molecule has 20 heavy (non-hydrogen) atoms. The van der Waals surface area contributed by atoms with E-state index in [4.69, 9.17) is 17.6 Å². The first-order valence-corrected chi connectivity index (χ1v) is 7.30. The third kappa shape index (κ3) is 1.59. The highest BCUT2D eigenvalue weighted by Gasteiger charge is 2.53. The number of halogens is 2. The lowest BCUT2D eigenvalue weighted by atomic mass is 9.67. The Morgan fingerprint density at radius 1 is 1.40 bits per heavy atom. The smallest absolute Gasteiger partial charge is 0.137 e. The fraction of sp³-hybridized carbons (Fsp3) is 0.533. The van der Waals surface area contributed by atoms with Crippen LogP contribution in [0.5, 0.6) is 0 Å². The maximum atomic E-state index is 14.3. The molecule has 108 valence electrons. The fourth-order valence-corrected chi connectivity index (χ4v) is 3.79. The van der Waals surface area contributed by atoms with Gasteiger partial charge in [-0.05, 0) is 18.1 Å². The molecule has 2 nitrogen and oxygen atoms in total. The van der Waals surface area contributed by atoms with Crippen LogP contribution in [0.15, 0.2) is 17.1 Å². The standard InChI is InChI=1S/C15H18F2N2S/c1-4-14(2)10-7-9(16)8-11(17)12(10)13-18-15(14,20)5-6-19(13)3/h7-8,20H,4-6H2,1-3H3/t14?,15-/m0/s1. The maximum Gasteiger partial charge on any atom is 0.137 e. The lowest BCUT2D eigenvalue weighted by molar-refractivity contribution is 0.261. The van der Waals surface area contributed by atoms with Crippen LogP contribution >= 0.6 is 12.6 Å². The highest BCUT2D eigenvalue weighted by molar-refractivity contribution is 7.81. The third-order valence-corrected chi connectivity index (χ3v) is 5.73. The average molecular weight is 296 g/mol. The molecule has 2 atom stereocenters. The second-order valence-corrected chi connectivity index (χ2v) is 6.66. The van der Waals surface area contributed by atoms with Gasteiger partial charge in [0.2, 0.25) is 0 Å². The van der Waals surface area contributed by atoms with Crippen LogP contribution in [0.1, 0.15) is 37.8 Å². The van der Waals surface area contributed by atoms with E-state index in [0.717, 1.165) is 25.5 Å². The van der Waals surface area contributed by atoms with Gasteiger partial charge in [0.1, 0.15) is 22.3 Å². The van der Waals surface area contributed by atoms with E-state index in [1.807, 2.05) is 25.8 Å². The van der Waals surface area contributed by atoms with Crippen LogP contribution in [0, 0.1) is 11.6 Å². The minimum Gasteiger partial charge on any atom is -0.359 e. The number of hydrogen-bond acceptors (Lipinski definition) is 3. The summed E-state index contributed by atoms with van der Waals surface area (Å²) in [5.74, 6) is -0.492. The third-order valence-electron chi connectivity index (χ3n) is 4.91. The fourth-order valence-electron chi connectivity index (χ4n) is 3.32. The van der Waals surface area contributed by atoms with Gasteiger partial charge in [-0.15, -0.1) is 12.6 Å². The summed E-state index contributed by atoms with van der Waals surface area (Å²) in [6.45, 7) is 4.79. The number of amidine groups is 1. The molecule has 3 rings (SSSR count). The van der Waals surface area contributed by atoms with Gasteiger partial charge < -0.3 is 4.90 Å². The molecular weight excluding hydrogens is 278 g/mol. The number of aliphatic imine (C=N–C) groups is 1. The molecular formula is C15H18F2N2S. The Bertz CT molecular complexity index is 616. The van der Waals surface area contributed by atoms with Gasteiger partial charge >= 0.3 is 0 Å². The van der Waals surface area contributed by atoms with Gasteiger partial charge in [0.05, 0.1) is 5.56 Å². The van der Waals surface area contributed by atoms with Gasteiger partial charge in [0.25, 0.3) is 0 Å². The predicted molar refractivity (Wildman–Crippen MR) is 79.5 cm³/mol. The van der Waals surface area contributed by atoms with Crippen LogP contribution in [0.3, 0.4) is 0 Å². The second kappa shape index (κ2) is 4.20. The summed E-state index contributed by atoms with van der Waals surface area (Å²) in [5, 5.41) is 0. The molecule has 1 aromatic carbocycles. The van der Waals surface area contributed by atoms with Crippen molar-refractivity contribution >= 4 is 18.5 Å². The zero-order valence-corrected chi connectivity index (χ0v) is 12.8. The molecule has 0 aromatic heterocycles. The summed E-state index contributed by atoms with van der Waals surface area (Å²) >= 11 is 4.80. The molecule has 0 N–H and O–H groups in total. The first kappa shape index (κ1) is 13.9. The molecule has 1 aromatic rings. The molecule has 0 saturated heterocycles. The van der Waals surface area contributed by atoms with Crippen LogP contribution in [-0.2, 0) is 5.41 Å². The zero-order valence-electron chi connectivity index (χ0n) is 11.9. The minimum atomic E-state index is -0.600. The number of benzene rings is 1. The van der Waals surface area contributed by atoms with Gasteiger partial charge in [-0.3, -0.25) is 0 Å². The second-order valence-electron chi connectivity index (χ2n) is 5.92. The summed E-state index contributed by atoms with van der Waals surface area (Å²) in [7, 11) is 1.88. The predicted octanol–water partition coefficient (Wildman–Crippen LogP) is 3.35. The van der Waals surface area contributed by atoms with Crippen molar-refractivity contribution in [3.63, 3.8) is 0 Å². The molecule has 0 aliphatic carbocycles. The summed E-state index contributed by atoms with van der Waals surface area (Å²) in [5.41, 5.74) is 0.644. The highest BCUT2D eigenvalue weighted by atomic mass is 32.1. The van der Waals surface area contributed by atoms with Crippen molar-refractivity contribution in [1.82, 2.24) is 4.90 Å². The van der Waals surface area contributed by atoms with Gasteiger partial charge in [-0.25, -0.2) is 13.8 Å². The van der Waals surface area contributed by atoms with Crippen LogP contribution < -0.4 is 0 Å². The Labute approximate surface area is 123 Å². The summed E-state index contributed by atoms with van der Waals surface area (Å²) in [6.07, 6.45) is 1.49. The Hall–Kier alpha value is -1.10. The normalized spacial score (nSPS) is 31.9. The van der Waals surface area contributed by atoms with E-state index in [-0.39, 0.29) is 0 Å². The van der Waals surface area contributed by atoms with Crippen LogP contribution in [0.25, 0.3) is 0 Å². The molecule has 2 aliphatic rings. The molecule has 5 heteroatoms. The van der Waals surface area contributed by atoms with Gasteiger partial charge in [0.15, 0.2) is 0 Å². The van der Waals surface area contributed by atoms with E-state index < -0.39 is 21.9 Å². The summed E-state index contributed by atoms with van der Waals surface area (Å²) in [6, 6.07) is 2.38. The molecule has 2 heterocycles. The molecule has 0 radical (unpaired) electrons. The van der Waals surface area contributed by atoms with Crippen molar-refractivity contribution in [2.45, 2.75) is 37.0 Å². The van der Waals surface area contributed by atoms with Crippen LogP contribution in [0.4, 0.5) is 8.78 Å². The van der Waals surface area contributed by atoms with E-state index in [0.29, 0.717) is 17.0 Å². The Balaban J connectivity index is 2.37. The Morgan fingerprint density at radius 2 is 2.10 bits per heavy atom. The van der Waals surface area contributed by atoms with Crippen molar-refractivity contribution in [3.8, 4) is 0 Å². The van der Waals surface area contributed by atoms with E-state index in [9.17, 15) is 8.78 Å². The first-order valence-electron chi connectivity index (χ1n) is 6.85. The van der Waals surface area contributed by atoms with Crippen molar-refractivity contribution in [2.24, 2.45) is 4.99 Å². The average Bonchev–Trinajstić information content (AvgIpc) is 2.39. The molecule has 2 aliphatic heterocycles. The Morgan fingerprint density at radius 3 is 2.75 bits per heavy atom. The van der Waals surface area contributed by atoms with Gasteiger partial charge in [0, 0.05) is 31.5 Å². The van der Waals surface area contributed by atoms with E-state index >= 15 is 0 Å². The summed E-state index contributed by atoms with van der Waals surface area (Å²) < 4.78 is 28.0. The van der Waals surface area contributed by atoms with Crippen molar-refractivity contribution in [2.75, 3.05) is 13.6 Å². The highest BCUT2D eigenvalue weighted by Crippen LogP contribution is 2.52. The number of hydrogen-bond donors (Lipinski definition) is 1. The molecule has 0 amide bonds. The molecule has 0 spiro atoms. The first-order chi connectivity index (χ1) is 9.32. The van der Waals surface area contributed by atoms with E-state index in [2.05, 4.69) is 0 Å². The Kier molecular flexibility index (Phi) is 2.91. The zero-order chi connectivity index (χ0) is 14.7. The lowest BCUT2D eigenvalue weighted by Crippen LogP contribution is -2.55. The maximum absolute atomic E-state index is 14.3. The van der Waals surface area contributed by atoms with Crippen LogP contribution in [-0.4, -0.2) is 29.2 Å². The van der Waals surface area contributed by atoms with Crippen molar-refractivity contribution in [3.05, 3.63) is 34.9 Å². The van der Waals surface area contributed by atoms with E-state index in [1.54, 1.807) is 0 Å². The SMILES string of the molecule is CCC1(C)c2cc(F)cc(F)c2C2=N[C@]1(S)CCN2C. The molecule has 0 fully saturated rings. The number of nitrogens with zero attached hydrogens (tertiary/aromatic N) is 2. The number of rotatable bonds is 1. The lowest BCUT2D eigenvalue weighted by Gasteiger charge is -2.51. The van der Waals surface area contributed by atoms with Crippen molar-refractivity contribution < 1.29 is 8.78 Å². The monoisotopic (exact) mass is 296 g/mol. The van der Waals surface area contributed by atoms with Gasteiger partial charge in [-0.2, -0.15) is 0 Å². The quantitative estimate of drug-likeness (QED) is 0.786. The van der Waals surface area contributed by atoms with Gasteiger partial charge in [-0.1, -0.05) is 13.8 Å². The molecule has 0 saturated carbocycles. The number of fused-ring (bicyclic) bond motifs is 3. The summed E-state index contributed by atoms with van der Waals surface area (Å²) in [4.78, 5) is 6.02. The van der Waals surface area contributed by atoms with Crippen molar-refractivity contribution in [1.29, 1.82) is 0 Å². The molecule has 2 bridgehead atoms. The van der Waals surface area contributed by atoms with E-state index in [1.165, 1.54) is 6.07 Å². The topological polar surface area (TPSA) is 15.6 Å². The number of thiol groups is 1. The largest absolute Gasteiger partial charge is 0.359 e. The molecule has 1 unspecified atom stereocenters. The van der Waals surface area contributed by atoms with Crippen LogP contribution in [0.2, 0.25) is 0 Å². The minimum absolute atomic E-state index is 0.433.